The summed E-state index contributed by atoms with van der Waals surface area (Å²) in [6, 6.07) is 0. The van der Waals surface area contributed by atoms with Crippen molar-refractivity contribution < 1.29 is 0 Å². The van der Waals surface area contributed by atoms with Crippen LogP contribution in [0.25, 0.3) is 0 Å². The van der Waals surface area contributed by atoms with Gasteiger partial charge in [0.05, 0.1) is 0 Å². The van der Waals surface area contributed by atoms with Crippen LogP contribution in [0.2, 0.25) is 0 Å². The van der Waals surface area contributed by atoms with Crippen LogP contribution in [-0.4, -0.2) is 35.6 Å². The molecule has 1 spiro atoms. The number of hydrogen-bond donors (Lipinski definition) is 1. The second-order valence-electron chi connectivity index (χ2n) is 4.98. The van der Waals surface area contributed by atoms with Gasteiger partial charge in [0.2, 0.25) is 0 Å². The number of nitrogens with one attached hydrogen (secondary N) is 1. The van der Waals surface area contributed by atoms with Gasteiger partial charge in [0.15, 0.2) is 0 Å². The molecule has 0 aliphatic carbocycles. The highest BCUT2D eigenvalue weighted by Gasteiger charge is 2.49. The smallest absolute Gasteiger partial charge is 0.0448 e. The summed E-state index contributed by atoms with van der Waals surface area (Å²) in [6.45, 7) is 10.7. The minimum Gasteiger partial charge on any atom is -0.307 e. The van der Waals surface area contributed by atoms with Gasteiger partial charge in [0.25, 0.3) is 0 Å². The Balaban J connectivity index is 1.99. The Morgan fingerprint density at radius 1 is 1.36 bits per heavy atom. The summed E-state index contributed by atoms with van der Waals surface area (Å²) >= 11 is 0. The van der Waals surface area contributed by atoms with E-state index < -0.39 is 0 Å². The third-order valence-electron chi connectivity index (χ3n) is 2.98. The zero-order valence-corrected chi connectivity index (χ0v) is 7.78. The standard InChI is InChI=1S/C9H18N2/c1-8(2,3)11-5-4-9(7-11)6-10-9/h10H,4-7H2,1-3H3. The molecule has 0 radical (unpaired) electrons. The van der Waals surface area contributed by atoms with Crippen LogP contribution in [0.1, 0.15) is 27.2 Å². The molecule has 2 aliphatic rings. The molecule has 2 heterocycles. The second kappa shape index (κ2) is 1.99. The maximum atomic E-state index is 3.47. The molecule has 1 atom stereocenters. The monoisotopic (exact) mass is 154 g/mol. The van der Waals surface area contributed by atoms with Crippen LogP contribution in [0, 0.1) is 0 Å². The summed E-state index contributed by atoms with van der Waals surface area (Å²) < 4.78 is 0. The molecule has 2 heteroatoms. The van der Waals surface area contributed by atoms with Crippen LogP contribution in [-0.2, 0) is 0 Å². The minimum absolute atomic E-state index is 0.369. The van der Waals surface area contributed by atoms with Gasteiger partial charge in [-0.3, -0.25) is 4.90 Å². The Bertz CT molecular complexity index is 165. The number of nitrogens with zero attached hydrogens (tertiary/aromatic N) is 1. The SMILES string of the molecule is CC(C)(C)N1CCC2(CN2)C1. The topological polar surface area (TPSA) is 25.2 Å². The minimum atomic E-state index is 0.369. The van der Waals surface area contributed by atoms with E-state index in [2.05, 4.69) is 31.0 Å². The average molecular weight is 154 g/mol. The molecule has 11 heavy (non-hydrogen) atoms. The van der Waals surface area contributed by atoms with Crippen LogP contribution in [0.4, 0.5) is 0 Å². The molecule has 0 amide bonds. The van der Waals surface area contributed by atoms with Crippen molar-refractivity contribution in [2.24, 2.45) is 0 Å². The summed E-state index contributed by atoms with van der Waals surface area (Å²) in [4.78, 5) is 2.58. The van der Waals surface area contributed by atoms with Crippen molar-refractivity contribution in [2.45, 2.75) is 38.3 Å². The molecule has 0 bridgehead atoms. The lowest BCUT2D eigenvalue weighted by molar-refractivity contribution is 0.171. The van der Waals surface area contributed by atoms with E-state index in [4.69, 9.17) is 0 Å². The van der Waals surface area contributed by atoms with E-state index >= 15 is 0 Å². The third kappa shape index (κ3) is 1.30. The van der Waals surface area contributed by atoms with Gasteiger partial charge in [-0.2, -0.15) is 0 Å². The van der Waals surface area contributed by atoms with E-state index in [1.807, 2.05) is 0 Å². The second-order valence-corrected chi connectivity index (χ2v) is 4.98. The van der Waals surface area contributed by atoms with Crippen LogP contribution >= 0.6 is 0 Å². The van der Waals surface area contributed by atoms with Crippen LogP contribution < -0.4 is 5.32 Å². The lowest BCUT2D eigenvalue weighted by Gasteiger charge is -2.31. The lowest BCUT2D eigenvalue weighted by Crippen LogP contribution is -2.40. The summed E-state index contributed by atoms with van der Waals surface area (Å²) in [6.07, 6.45) is 1.35. The van der Waals surface area contributed by atoms with Crippen molar-refractivity contribution in [1.82, 2.24) is 10.2 Å². The Hall–Kier alpha value is -0.0800. The lowest BCUT2D eigenvalue weighted by atomic mass is 10.1. The summed E-state index contributed by atoms with van der Waals surface area (Å²) in [7, 11) is 0. The van der Waals surface area contributed by atoms with E-state index in [-0.39, 0.29) is 0 Å². The quantitative estimate of drug-likeness (QED) is 0.523. The van der Waals surface area contributed by atoms with Crippen LogP contribution in [0.15, 0.2) is 0 Å². The van der Waals surface area contributed by atoms with Gasteiger partial charge in [-0.05, 0) is 27.2 Å². The predicted octanol–water partition coefficient (Wildman–Crippen LogP) is 0.833. The average Bonchev–Trinajstić information content (AvgIpc) is 2.38. The summed E-state index contributed by atoms with van der Waals surface area (Å²) in [5.74, 6) is 0. The van der Waals surface area contributed by atoms with E-state index in [9.17, 15) is 0 Å². The zero-order chi connectivity index (χ0) is 8.11. The van der Waals surface area contributed by atoms with Crippen molar-refractivity contribution >= 4 is 0 Å². The van der Waals surface area contributed by atoms with Gasteiger partial charge in [-0.15, -0.1) is 0 Å². The molecule has 0 saturated carbocycles. The fraction of sp³-hybridized carbons (Fsp3) is 1.00. The molecular weight excluding hydrogens is 136 g/mol. The Kier molecular flexibility index (Phi) is 1.37. The molecule has 64 valence electrons. The van der Waals surface area contributed by atoms with E-state index in [0.29, 0.717) is 11.1 Å². The largest absolute Gasteiger partial charge is 0.307 e. The molecule has 1 unspecified atom stereocenters. The molecule has 1 N–H and O–H groups in total. The fourth-order valence-electron chi connectivity index (χ4n) is 1.86. The van der Waals surface area contributed by atoms with Crippen molar-refractivity contribution in [1.29, 1.82) is 0 Å². The number of rotatable bonds is 0. The molecule has 2 rings (SSSR count). The van der Waals surface area contributed by atoms with Gasteiger partial charge >= 0.3 is 0 Å². The van der Waals surface area contributed by atoms with Crippen LogP contribution in [0.5, 0.6) is 0 Å². The fourth-order valence-corrected chi connectivity index (χ4v) is 1.86. The van der Waals surface area contributed by atoms with Gasteiger partial charge in [-0.1, -0.05) is 0 Å². The van der Waals surface area contributed by atoms with E-state index in [1.165, 1.54) is 26.1 Å². The molecule has 0 aromatic heterocycles. The van der Waals surface area contributed by atoms with Crippen LogP contribution in [0.3, 0.4) is 0 Å². The Morgan fingerprint density at radius 2 is 2.00 bits per heavy atom. The highest BCUT2D eigenvalue weighted by Crippen LogP contribution is 2.33. The molecular formula is C9H18N2. The first-order chi connectivity index (χ1) is 5.02. The van der Waals surface area contributed by atoms with Crippen molar-refractivity contribution in [3.8, 4) is 0 Å². The van der Waals surface area contributed by atoms with Gasteiger partial charge < -0.3 is 5.32 Å². The maximum Gasteiger partial charge on any atom is 0.0448 e. The molecule has 2 saturated heterocycles. The first kappa shape index (κ1) is 7.56. The van der Waals surface area contributed by atoms with Crippen molar-refractivity contribution in [3.63, 3.8) is 0 Å². The van der Waals surface area contributed by atoms with Gasteiger partial charge in [0.1, 0.15) is 0 Å². The third-order valence-corrected chi connectivity index (χ3v) is 2.98. The van der Waals surface area contributed by atoms with Crippen molar-refractivity contribution in [3.05, 3.63) is 0 Å². The molecule has 2 aliphatic heterocycles. The first-order valence-electron chi connectivity index (χ1n) is 4.52. The Labute approximate surface area is 69.0 Å². The first-order valence-corrected chi connectivity index (χ1v) is 4.52. The number of likely N-dealkylation sites (tertiary alicyclic amines) is 1. The highest BCUT2D eigenvalue weighted by atomic mass is 15.3. The molecule has 2 fully saturated rings. The van der Waals surface area contributed by atoms with E-state index in [0.717, 1.165) is 0 Å². The Morgan fingerprint density at radius 3 is 2.27 bits per heavy atom. The van der Waals surface area contributed by atoms with Crippen molar-refractivity contribution in [2.75, 3.05) is 19.6 Å². The molecule has 2 nitrogen and oxygen atoms in total. The molecule has 0 aromatic rings. The summed E-state index contributed by atoms with van der Waals surface area (Å²) in [5.41, 5.74) is 0.918. The summed E-state index contributed by atoms with van der Waals surface area (Å²) in [5, 5.41) is 3.47. The van der Waals surface area contributed by atoms with Gasteiger partial charge in [0, 0.05) is 30.7 Å². The van der Waals surface area contributed by atoms with Gasteiger partial charge in [-0.25, -0.2) is 0 Å². The van der Waals surface area contributed by atoms with E-state index in [1.54, 1.807) is 0 Å². The zero-order valence-electron chi connectivity index (χ0n) is 7.78. The predicted molar refractivity (Wildman–Crippen MR) is 46.7 cm³/mol. The highest BCUT2D eigenvalue weighted by molar-refractivity contribution is 5.11. The molecule has 0 aromatic carbocycles. The normalized spacial score (nSPS) is 38.5. The maximum absolute atomic E-state index is 3.47. The number of hydrogen-bond acceptors (Lipinski definition) is 2.